The van der Waals surface area contributed by atoms with E-state index in [1.54, 1.807) is 0 Å². The zero-order valence-corrected chi connectivity index (χ0v) is 5.39. The number of hydrogen-bond acceptors (Lipinski definition) is 1. The summed E-state index contributed by atoms with van der Waals surface area (Å²) < 4.78 is 0. The first-order chi connectivity index (χ1) is 2.27. The zero-order valence-electron chi connectivity index (χ0n) is 3.60. The van der Waals surface area contributed by atoms with Gasteiger partial charge in [-0.3, -0.25) is 0 Å². The summed E-state index contributed by atoms with van der Waals surface area (Å²) in [6.07, 6.45) is 2.15. The summed E-state index contributed by atoms with van der Waals surface area (Å²) in [6.45, 7) is 2.15. The van der Waals surface area contributed by atoms with Crippen LogP contribution in [-0.2, 0) is 0 Å². The summed E-state index contributed by atoms with van der Waals surface area (Å²) in [5.41, 5.74) is 0. The van der Waals surface area contributed by atoms with Gasteiger partial charge in [0.2, 0.25) is 0 Å². The first-order valence-electron chi connectivity index (χ1n) is 1.67. The van der Waals surface area contributed by atoms with Crippen molar-refractivity contribution in [3.8, 4) is 0 Å². The first kappa shape index (κ1) is 5.70. The lowest BCUT2D eigenvalue weighted by Gasteiger charge is -1.97. The molecule has 0 heterocycles. The Balaban J connectivity index is 2.54. The van der Waals surface area contributed by atoms with Crippen molar-refractivity contribution < 1.29 is 0 Å². The van der Waals surface area contributed by atoms with E-state index in [1.807, 2.05) is 0 Å². The van der Waals surface area contributed by atoms with E-state index in [2.05, 4.69) is 24.8 Å². The predicted molar refractivity (Wildman–Crippen MR) is 34.4 cm³/mol. The quantitative estimate of drug-likeness (QED) is 0.371. The van der Waals surface area contributed by atoms with Gasteiger partial charge in [0.1, 0.15) is 0 Å². The van der Waals surface area contributed by atoms with Gasteiger partial charge in [0.15, 0.2) is 0 Å². The third kappa shape index (κ3) is 4.70. The Kier molecular flexibility index (Phi) is 3.32. The molecule has 0 fully saturated rings. The minimum Gasteiger partial charge on any atom is -0.211 e. The van der Waals surface area contributed by atoms with Gasteiger partial charge in [-0.05, 0) is 12.0 Å². The maximum atomic E-state index is 4.16. The molecular weight excluding hydrogens is 100 g/mol. The van der Waals surface area contributed by atoms with Crippen molar-refractivity contribution in [1.29, 1.82) is 0 Å². The highest BCUT2D eigenvalue weighted by molar-refractivity contribution is 8.77. The van der Waals surface area contributed by atoms with Gasteiger partial charge in [-0.1, -0.05) is 6.92 Å². The topological polar surface area (TPSA) is 0 Å². The highest BCUT2D eigenvalue weighted by atomic mass is 33.1. The summed E-state index contributed by atoms with van der Waals surface area (Å²) >= 11 is 4.16. The van der Waals surface area contributed by atoms with Crippen molar-refractivity contribution in [3.63, 3.8) is 0 Å². The van der Waals surface area contributed by atoms with Crippen molar-refractivity contribution >= 4 is 21.6 Å². The maximum Gasteiger partial charge on any atom is -0.0201 e. The molecule has 5 heavy (non-hydrogen) atoms. The van der Waals surface area contributed by atoms with Crippen LogP contribution in [0.1, 0.15) is 6.92 Å². The van der Waals surface area contributed by atoms with E-state index < -0.39 is 0 Å². The molecule has 0 amide bonds. The lowest BCUT2D eigenvalue weighted by atomic mass is 11.0. The normalized spacial score (nSPS) is 18.6. The van der Waals surface area contributed by atoms with E-state index >= 15 is 0 Å². The summed E-state index contributed by atoms with van der Waals surface area (Å²) in [7, 11) is 0.0962. The fraction of sp³-hybridized carbons (Fsp3) is 1.00. The van der Waals surface area contributed by atoms with Gasteiger partial charge in [0.05, 0.1) is 0 Å². The molecule has 0 radical (unpaired) electrons. The number of thiol groups is 2. The van der Waals surface area contributed by atoms with Gasteiger partial charge in [0.25, 0.3) is 0 Å². The van der Waals surface area contributed by atoms with Gasteiger partial charge < -0.3 is 0 Å². The van der Waals surface area contributed by atoms with Crippen LogP contribution in [0.5, 0.6) is 0 Å². The fourth-order valence-corrected chi connectivity index (χ4v) is 0. The average molecular weight is 110 g/mol. The standard InChI is InChI=1S/C3H10S2/c1-3-5(2)4/h4-5H,3H2,1-2H3. The van der Waals surface area contributed by atoms with Gasteiger partial charge in [0, 0.05) is 0 Å². The maximum absolute atomic E-state index is 4.16. The molecule has 2 heteroatoms. The molecule has 0 aliphatic carbocycles. The molecule has 0 aliphatic rings. The predicted octanol–water partition coefficient (Wildman–Crippen LogP) is 1.48. The van der Waals surface area contributed by atoms with Crippen LogP contribution in [0.25, 0.3) is 0 Å². The van der Waals surface area contributed by atoms with Gasteiger partial charge >= 0.3 is 0 Å². The molecule has 1 atom stereocenters. The molecule has 0 bridgehead atoms. The molecule has 34 valence electrons. The van der Waals surface area contributed by atoms with Crippen molar-refractivity contribution in [2.24, 2.45) is 0 Å². The van der Waals surface area contributed by atoms with Crippen LogP contribution in [-0.4, -0.2) is 12.0 Å². The van der Waals surface area contributed by atoms with Crippen LogP contribution < -0.4 is 0 Å². The average Bonchev–Trinajstić information content (AvgIpc) is 1.38. The Hall–Kier alpha value is 0.700. The molecule has 0 nitrogen and oxygen atoms in total. The van der Waals surface area contributed by atoms with Crippen LogP contribution in [0.3, 0.4) is 0 Å². The largest absolute Gasteiger partial charge is 0.211 e. The molecule has 0 aromatic heterocycles. The Morgan fingerprint density at radius 2 is 2.00 bits per heavy atom. The summed E-state index contributed by atoms with van der Waals surface area (Å²) in [6, 6.07) is 0. The Morgan fingerprint density at radius 1 is 1.80 bits per heavy atom. The monoisotopic (exact) mass is 110 g/mol. The molecule has 0 aliphatic heterocycles. The second-order valence-corrected chi connectivity index (χ2v) is 4.97. The van der Waals surface area contributed by atoms with Crippen molar-refractivity contribution in [2.45, 2.75) is 6.92 Å². The second kappa shape index (κ2) is 2.91. The highest BCUT2D eigenvalue weighted by Gasteiger charge is 1.73. The van der Waals surface area contributed by atoms with Crippen molar-refractivity contribution in [3.05, 3.63) is 0 Å². The van der Waals surface area contributed by atoms with Crippen molar-refractivity contribution in [1.82, 2.24) is 0 Å². The van der Waals surface area contributed by atoms with E-state index in [0.717, 1.165) is 0 Å². The molecule has 0 aromatic carbocycles. The fourth-order valence-electron chi connectivity index (χ4n) is 0. The van der Waals surface area contributed by atoms with Gasteiger partial charge in [-0.25, -0.2) is 9.93 Å². The van der Waals surface area contributed by atoms with Crippen molar-refractivity contribution in [2.75, 3.05) is 12.0 Å². The molecular formula is C3H10S2. The van der Waals surface area contributed by atoms with Gasteiger partial charge in [-0.15, -0.1) is 11.7 Å². The van der Waals surface area contributed by atoms with Crippen LogP contribution in [0.15, 0.2) is 0 Å². The summed E-state index contributed by atoms with van der Waals surface area (Å²) in [4.78, 5) is 0. The molecule has 0 saturated heterocycles. The number of rotatable bonds is 1. The Labute approximate surface area is 41.1 Å². The third-order valence-electron chi connectivity index (χ3n) is 0.458. The van der Waals surface area contributed by atoms with Crippen LogP contribution >= 0.6 is 21.6 Å². The molecule has 0 aromatic rings. The summed E-state index contributed by atoms with van der Waals surface area (Å²) in [5, 5.41) is 0. The van der Waals surface area contributed by atoms with Crippen LogP contribution in [0.2, 0.25) is 0 Å². The molecule has 0 N–H and O–H groups in total. The third-order valence-corrected chi connectivity index (χ3v) is 2.22. The lowest BCUT2D eigenvalue weighted by molar-refractivity contribution is 1.53. The second-order valence-electron chi connectivity index (χ2n) is 0.974. The minimum absolute atomic E-state index is 0.0962. The van der Waals surface area contributed by atoms with E-state index in [4.69, 9.17) is 0 Å². The van der Waals surface area contributed by atoms with E-state index in [0.29, 0.717) is 0 Å². The smallest absolute Gasteiger partial charge is 0.0201 e. The first-order valence-corrected chi connectivity index (χ1v) is 4.80. The van der Waals surface area contributed by atoms with Crippen LogP contribution in [0, 0.1) is 0 Å². The van der Waals surface area contributed by atoms with E-state index in [9.17, 15) is 0 Å². The molecule has 0 rings (SSSR count). The summed E-state index contributed by atoms with van der Waals surface area (Å²) in [5.74, 6) is 1.23. The van der Waals surface area contributed by atoms with Gasteiger partial charge in [-0.2, -0.15) is 0 Å². The lowest BCUT2D eigenvalue weighted by Crippen LogP contribution is -1.64. The Bertz CT molecular complexity index is 18.9. The van der Waals surface area contributed by atoms with Crippen LogP contribution in [0.4, 0.5) is 0 Å². The number of hydrogen-bond donors (Lipinski definition) is 2. The van der Waals surface area contributed by atoms with E-state index in [1.165, 1.54) is 5.75 Å². The molecule has 1 unspecified atom stereocenters. The highest BCUT2D eigenvalue weighted by Crippen LogP contribution is 2.22. The van der Waals surface area contributed by atoms with E-state index in [-0.39, 0.29) is 9.93 Å². The molecule has 0 spiro atoms. The molecule has 0 saturated carbocycles. The Morgan fingerprint density at radius 3 is 2.00 bits per heavy atom. The SMILES string of the molecule is CC[SH](C)S. The minimum atomic E-state index is 0.0962. The zero-order chi connectivity index (χ0) is 4.28.